The van der Waals surface area contributed by atoms with Crippen LogP contribution in [0.15, 0.2) is 54.6 Å². The molecule has 1 amide bonds. The lowest BCUT2D eigenvalue weighted by Crippen LogP contribution is -2.49. The Balaban J connectivity index is 1.59. The number of likely N-dealkylation sites (tertiary alicyclic amines) is 1. The van der Waals surface area contributed by atoms with Crippen LogP contribution in [0.2, 0.25) is 0 Å². The fraction of sp³-hybridized carbons (Fsp3) is 0.481. The second-order valence-electron chi connectivity index (χ2n) is 9.39. The number of aromatic hydroxyl groups is 1. The Morgan fingerprint density at radius 3 is 2.52 bits per heavy atom. The summed E-state index contributed by atoms with van der Waals surface area (Å²) in [5.41, 5.74) is 2.03. The first-order valence-electron chi connectivity index (χ1n) is 11.8. The summed E-state index contributed by atoms with van der Waals surface area (Å²) in [5, 5.41) is 19.7. The van der Waals surface area contributed by atoms with Gasteiger partial charge in [-0.2, -0.15) is 0 Å². The zero-order valence-corrected chi connectivity index (χ0v) is 19.9. The molecule has 1 fully saturated rings. The van der Waals surface area contributed by atoms with E-state index in [4.69, 9.17) is 0 Å². The van der Waals surface area contributed by atoms with Crippen molar-refractivity contribution in [2.75, 3.05) is 26.2 Å². The number of aliphatic carboxylic acids is 1. The molecule has 0 bridgehead atoms. The van der Waals surface area contributed by atoms with Gasteiger partial charge in [0.05, 0.1) is 0 Å². The van der Waals surface area contributed by atoms with E-state index in [1.54, 1.807) is 6.07 Å². The zero-order chi connectivity index (χ0) is 24.0. The number of carbonyl (C=O) groups excluding carboxylic acids is 1. The van der Waals surface area contributed by atoms with Crippen molar-refractivity contribution in [1.29, 1.82) is 0 Å². The maximum absolute atomic E-state index is 13.0. The van der Waals surface area contributed by atoms with Crippen molar-refractivity contribution in [1.82, 2.24) is 9.80 Å². The second kappa shape index (κ2) is 10.8. The lowest BCUT2D eigenvalue weighted by molar-refractivity contribution is -0.150. The highest BCUT2D eigenvalue weighted by Crippen LogP contribution is 2.40. The van der Waals surface area contributed by atoms with Crippen molar-refractivity contribution in [2.24, 2.45) is 5.92 Å². The molecule has 1 saturated heterocycles. The van der Waals surface area contributed by atoms with E-state index in [9.17, 15) is 19.8 Å². The van der Waals surface area contributed by atoms with Crippen LogP contribution < -0.4 is 0 Å². The smallest absolute Gasteiger partial charge is 0.326 e. The van der Waals surface area contributed by atoms with Gasteiger partial charge in [0.25, 0.3) is 0 Å². The Hall–Kier alpha value is -2.86. The fourth-order valence-corrected chi connectivity index (χ4v) is 4.95. The van der Waals surface area contributed by atoms with Gasteiger partial charge in [-0.3, -0.25) is 4.79 Å². The Morgan fingerprint density at radius 1 is 1.18 bits per heavy atom. The van der Waals surface area contributed by atoms with Crippen LogP contribution in [0.3, 0.4) is 0 Å². The van der Waals surface area contributed by atoms with Crippen molar-refractivity contribution in [2.45, 2.75) is 51.5 Å². The number of carbonyl (C=O) groups is 2. The standard InChI is InChI=1S/C27H36N2O4/c1-4-29(24(26(32)33)17-21-9-6-5-7-10-21)25(31)13-15-28-16-14-27(3,20(2)19-28)22-11-8-12-23(30)18-22/h5-12,18,20,24,30H,4,13-17,19H2,1-3H3,(H,32,33)/t20-,24-,27+/m0/s1. The fourth-order valence-electron chi connectivity index (χ4n) is 4.95. The molecule has 2 aromatic rings. The molecule has 2 aromatic carbocycles. The van der Waals surface area contributed by atoms with Crippen LogP contribution >= 0.6 is 0 Å². The summed E-state index contributed by atoms with van der Waals surface area (Å²) in [6.45, 7) is 9.01. The number of likely N-dealkylation sites (N-methyl/N-ethyl adjacent to an activating group) is 1. The topological polar surface area (TPSA) is 81.1 Å². The van der Waals surface area contributed by atoms with Gasteiger partial charge in [0.15, 0.2) is 0 Å². The number of amides is 1. The molecule has 1 aliphatic heterocycles. The van der Waals surface area contributed by atoms with Crippen LogP contribution in [0.25, 0.3) is 0 Å². The summed E-state index contributed by atoms with van der Waals surface area (Å²) < 4.78 is 0. The van der Waals surface area contributed by atoms with E-state index >= 15 is 0 Å². The minimum atomic E-state index is -0.970. The molecule has 0 unspecified atom stereocenters. The molecular formula is C27H36N2O4. The summed E-state index contributed by atoms with van der Waals surface area (Å²) in [7, 11) is 0. The second-order valence-corrected chi connectivity index (χ2v) is 9.39. The molecule has 0 aliphatic carbocycles. The Labute approximate surface area is 196 Å². The normalized spacial score (nSPS) is 22.0. The third-order valence-electron chi connectivity index (χ3n) is 7.31. The third-order valence-corrected chi connectivity index (χ3v) is 7.31. The third kappa shape index (κ3) is 5.93. The monoisotopic (exact) mass is 452 g/mol. The Bertz CT molecular complexity index is 948. The number of piperidine rings is 1. The van der Waals surface area contributed by atoms with Crippen molar-refractivity contribution in [3.63, 3.8) is 0 Å². The van der Waals surface area contributed by atoms with E-state index < -0.39 is 12.0 Å². The molecular weight excluding hydrogens is 416 g/mol. The minimum Gasteiger partial charge on any atom is -0.508 e. The molecule has 6 heteroatoms. The predicted octanol–water partition coefficient (Wildman–Crippen LogP) is 3.93. The summed E-state index contributed by atoms with van der Waals surface area (Å²) in [5.74, 6) is -0.440. The van der Waals surface area contributed by atoms with Crippen LogP contribution in [0.4, 0.5) is 0 Å². The number of phenolic OH excluding ortho intramolecular Hbond substituents is 1. The number of benzene rings is 2. The maximum atomic E-state index is 13.0. The quantitative estimate of drug-likeness (QED) is 0.603. The van der Waals surface area contributed by atoms with Gasteiger partial charge < -0.3 is 20.0 Å². The molecule has 1 heterocycles. The van der Waals surface area contributed by atoms with E-state index in [1.807, 2.05) is 49.4 Å². The summed E-state index contributed by atoms with van der Waals surface area (Å²) in [6.07, 6.45) is 1.55. The van der Waals surface area contributed by atoms with Gasteiger partial charge in [0.2, 0.25) is 5.91 Å². The first-order chi connectivity index (χ1) is 15.7. The predicted molar refractivity (Wildman–Crippen MR) is 129 cm³/mol. The maximum Gasteiger partial charge on any atom is 0.326 e. The number of carboxylic acids is 1. The van der Waals surface area contributed by atoms with E-state index in [1.165, 1.54) is 4.90 Å². The summed E-state index contributed by atoms with van der Waals surface area (Å²) in [6, 6.07) is 16.1. The van der Waals surface area contributed by atoms with Crippen molar-refractivity contribution >= 4 is 11.9 Å². The number of nitrogens with zero attached hydrogens (tertiary/aromatic N) is 2. The first-order valence-corrected chi connectivity index (χ1v) is 11.8. The highest BCUT2D eigenvalue weighted by Gasteiger charge is 2.38. The average Bonchev–Trinajstić information content (AvgIpc) is 2.80. The van der Waals surface area contributed by atoms with Gasteiger partial charge in [-0.05, 0) is 54.5 Å². The van der Waals surface area contributed by atoms with Crippen LogP contribution in [0, 0.1) is 5.92 Å². The molecule has 0 saturated carbocycles. The van der Waals surface area contributed by atoms with Crippen molar-refractivity contribution in [3.8, 4) is 5.75 Å². The molecule has 3 atom stereocenters. The molecule has 6 nitrogen and oxygen atoms in total. The van der Waals surface area contributed by atoms with Crippen molar-refractivity contribution in [3.05, 3.63) is 65.7 Å². The molecule has 178 valence electrons. The SMILES string of the molecule is CCN(C(=O)CCN1CC[C@@](C)(c2cccc(O)c2)[C@@H](C)C1)[C@@H](Cc1ccccc1)C(=O)O. The number of carboxylic acid groups (broad SMARTS) is 1. The molecule has 3 rings (SSSR count). The minimum absolute atomic E-state index is 0.0290. The largest absolute Gasteiger partial charge is 0.508 e. The first kappa shape index (κ1) is 24.8. The molecule has 2 N–H and O–H groups in total. The lowest BCUT2D eigenvalue weighted by atomic mass is 9.68. The lowest BCUT2D eigenvalue weighted by Gasteiger charge is -2.45. The van der Waals surface area contributed by atoms with Crippen LogP contribution in [-0.4, -0.2) is 64.1 Å². The van der Waals surface area contributed by atoms with Gasteiger partial charge in [-0.25, -0.2) is 4.79 Å². The molecule has 0 aromatic heterocycles. The highest BCUT2D eigenvalue weighted by molar-refractivity contribution is 5.84. The number of hydrogen-bond acceptors (Lipinski definition) is 4. The van der Waals surface area contributed by atoms with Crippen LogP contribution in [0.5, 0.6) is 5.75 Å². The van der Waals surface area contributed by atoms with Crippen LogP contribution in [-0.2, 0) is 21.4 Å². The number of rotatable bonds is 9. The molecule has 33 heavy (non-hydrogen) atoms. The van der Waals surface area contributed by atoms with E-state index in [0.29, 0.717) is 31.8 Å². The van der Waals surface area contributed by atoms with E-state index in [2.05, 4.69) is 24.8 Å². The molecule has 1 aliphatic rings. The van der Waals surface area contributed by atoms with Crippen molar-refractivity contribution < 1.29 is 19.8 Å². The van der Waals surface area contributed by atoms with E-state index in [-0.39, 0.29) is 17.1 Å². The van der Waals surface area contributed by atoms with Gasteiger partial charge in [-0.1, -0.05) is 56.3 Å². The van der Waals surface area contributed by atoms with Gasteiger partial charge >= 0.3 is 5.97 Å². The van der Waals surface area contributed by atoms with E-state index in [0.717, 1.165) is 30.6 Å². The van der Waals surface area contributed by atoms with Gasteiger partial charge in [-0.15, -0.1) is 0 Å². The highest BCUT2D eigenvalue weighted by atomic mass is 16.4. The van der Waals surface area contributed by atoms with Gasteiger partial charge in [0, 0.05) is 32.5 Å². The molecule has 0 radical (unpaired) electrons. The van der Waals surface area contributed by atoms with Gasteiger partial charge in [0.1, 0.15) is 11.8 Å². The average molecular weight is 453 g/mol. The number of hydrogen-bond donors (Lipinski definition) is 2. The Morgan fingerprint density at radius 2 is 1.91 bits per heavy atom. The number of phenols is 1. The Kier molecular flexibility index (Phi) is 8.14. The zero-order valence-electron chi connectivity index (χ0n) is 19.9. The van der Waals surface area contributed by atoms with Crippen LogP contribution in [0.1, 0.15) is 44.7 Å². The molecule has 0 spiro atoms. The summed E-state index contributed by atoms with van der Waals surface area (Å²) in [4.78, 5) is 28.8. The summed E-state index contributed by atoms with van der Waals surface area (Å²) >= 11 is 0.